The van der Waals surface area contributed by atoms with Gasteiger partial charge in [-0.15, -0.1) is 0 Å². The van der Waals surface area contributed by atoms with Gasteiger partial charge in [-0.25, -0.2) is 9.92 Å². The second-order valence-corrected chi connectivity index (χ2v) is 6.70. The highest BCUT2D eigenvalue weighted by Crippen LogP contribution is 2.34. The number of nitrogens with zero attached hydrogens (tertiary/aromatic N) is 3. The lowest BCUT2D eigenvalue weighted by Crippen LogP contribution is -2.16. The largest absolute Gasteiger partial charge is 0.386 e. The first-order valence-electron chi connectivity index (χ1n) is 9.42. The Morgan fingerprint density at radius 1 is 1.23 bits per heavy atom. The van der Waals surface area contributed by atoms with Crippen LogP contribution >= 0.6 is 0 Å². The van der Waals surface area contributed by atoms with Crippen molar-refractivity contribution in [2.24, 2.45) is 5.11 Å². The van der Waals surface area contributed by atoms with Gasteiger partial charge in [-0.3, -0.25) is 15.1 Å². The van der Waals surface area contributed by atoms with Gasteiger partial charge >= 0.3 is 0 Å². The van der Waals surface area contributed by atoms with E-state index in [2.05, 4.69) is 20.7 Å². The number of benzene rings is 2. The summed E-state index contributed by atoms with van der Waals surface area (Å²) in [5, 5.41) is 21.2. The monoisotopic (exact) mass is 420 g/mol. The fraction of sp³-hybridized carbons (Fsp3) is 0.136. The van der Waals surface area contributed by atoms with Crippen LogP contribution in [0.4, 0.5) is 15.8 Å². The van der Waals surface area contributed by atoms with Crippen molar-refractivity contribution in [3.63, 3.8) is 0 Å². The lowest BCUT2D eigenvalue weighted by atomic mass is 9.98. The summed E-state index contributed by atoms with van der Waals surface area (Å²) < 4.78 is 14.6. The van der Waals surface area contributed by atoms with E-state index in [0.29, 0.717) is 22.5 Å². The third kappa shape index (κ3) is 4.72. The fourth-order valence-electron chi connectivity index (χ4n) is 3.32. The van der Waals surface area contributed by atoms with E-state index in [0.717, 1.165) is 11.8 Å². The van der Waals surface area contributed by atoms with E-state index in [1.807, 2.05) is 30.3 Å². The molecule has 0 radical (unpaired) electrons. The highest BCUT2D eigenvalue weighted by atomic mass is 19.1. The van der Waals surface area contributed by atoms with Crippen LogP contribution in [-0.2, 0) is 0 Å². The van der Waals surface area contributed by atoms with Crippen LogP contribution in [0.3, 0.4) is 0 Å². The molecule has 0 saturated heterocycles. The molecule has 0 saturated carbocycles. The van der Waals surface area contributed by atoms with Crippen molar-refractivity contribution in [3.05, 3.63) is 105 Å². The Balaban J connectivity index is 2.16. The predicted molar refractivity (Wildman–Crippen MR) is 116 cm³/mol. The highest BCUT2D eigenvalue weighted by Gasteiger charge is 2.23. The molecule has 1 heterocycles. The molecule has 0 bridgehead atoms. The number of anilines is 1. The van der Waals surface area contributed by atoms with Gasteiger partial charge in [-0.2, -0.15) is 5.11 Å². The predicted octanol–water partition coefficient (Wildman–Crippen LogP) is 5.27. The summed E-state index contributed by atoms with van der Waals surface area (Å²) in [6.07, 6.45) is 2.58. The Bertz CT molecular complexity index is 1130. The van der Waals surface area contributed by atoms with Crippen molar-refractivity contribution in [2.45, 2.75) is 13.0 Å². The molecule has 1 unspecified atom stereocenters. The molecule has 0 aliphatic rings. The van der Waals surface area contributed by atoms with Gasteiger partial charge < -0.3 is 10.6 Å². The average molecular weight is 420 g/mol. The maximum absolute atomic E-state index is 14.6. The molecule has 0 spiro atoms. The van der Waals surface area contributed by atoms with Gasteiger partial charge in [0.05, 0.1) is 28.6 Å². The minimum Gasteiger partial charge on any atom is -0.386 e. The number of aromatic nitrogens is 1. The number of hydrogen-bond acceptors (Lipinski definition) is 7. The van der Waals surface area contributed by atoms with Gasteiger partial charge in [0.15, 0.2) is 0 Å². The lowest BCUT2D eigenvalue weighted by molar-refractivity contribution is -0.384. The van der Waals surface area contributed by atoms with Crippen molar-refractivity contribution in [2.75, 3.05) is 12.4 Å². The minimum absolute atomic E-state index is 0.157. The third-order valence-electron chi connectivity index (χ3n) is 4.81. The van der Waals surface area contributed by atoms with Gasteiger partial charge in [0.25, 0.3) is 5.69 Å². The van der Waals surface area contributed by atoms with E-state index < -0.39 is 16.8 Å². The van der Waals surface area contributed by atoms with E-state index in [-0.39, 0.29) is 11.4 Å². The molecule has 3 aromatic rings. The van der Waals surface area contributed by atoms with Crippen molar-refractivity contribution < 1.29 is 9.31 Å². The molecule has 3 rings (SSSR count). The Labute approximate surface area is 178 Å². The molecular formula is C22H21FN6O2. The normalized spacial score (nSPS) is 12.5. The fourth-order valence-corrected chi connectivity index (χ4v) is 3.32. The highest BCUT2D eigenvalue weighted by molar-refractivity contribution is 5.74. The van der Waals surface area contributed by atoms with Crippen LogP contribution in [0, 0.1) is 21.5 Å². The summed E-state index contributed by atoms with van der Waals surface area (Å²) in [5.74, 6) is -0.526. The van der Waals surface area contributed by atoms with E-state index in [4.69, 9.17) is 5.53 Å². The quantitative estimate of drug-likeness (QED) is 0.261. The van der Waals surface area contributed by atoms with E-state index in [1.54, 1.807) is 26.1 Å². The van der Waals surface area contributed by atoms with Crippen molar-refractivity contribution in [1.29, 1.82) is 5.53 Å². The topological polar surface area (TPSA) is 116 Å². The zero-order chi connectivity index (χ0) is 22.4. The zero-order valence-electron chi connectivity index (χ0n) is 17.0. The minimum atomic E-state index is -0.692. The van der Waals surface area contributed by atoms with Gasteiger partial charge in [0.2, 0.25) is 0 Å². The average Bonchev–Trinajstić information content (AvgIpc) is 2.79. The Morgan fingerprint density at radius 3 is 2.58 bits per heavy atom. The van der Waals surface area contributed by atoms with Crippen molar-refractivity contribution in [1.82, 2.24) is 10.3 Å². The molecule has 0 fully saturated rings. The zero-order valence-corrected chi connectivity index (χ0v) is 17.0. The van der Waals surface area contributed by atoms with E-state index in [9.17, 15) is 14.5 Å². The molecule has 1 atom stereocenters. The van der Waals surface area contributed by atoms with Gasteiger partial charge in [0, 0.05) is 30.4 Å². The van der Waals surface area contributed by atoms with Crippen LogP contribution in [0.15, 0.2) is 77.8 Å². The number of halogens is 1. The summed E-state index contributed by atoms with van der Waals surface area (Å²) in [5.41, 5.74) is 9.94. The number of hydrogen-bond donors (Lipinski definition) is 3. The maximum Gasteiger partial charge on any atom is 0.292 e. The third-order valence-corrected chi connectivity index (χ3v) is 4.81. The summed E-state index contributed by atoms with van der Waals surface area (Å²) in [6.45, 7) is 1.66. The molecule has 0 amide bonds. The molecule has 3 N–H and O–H groups in total. The van der Waals surface area contributed by atoms with E-state index in [1.165, 1.54) is 18.3 Å². The molecular weight excluding hydrogens is 399 g/mol. The van der Waals surface area contributed by atoms with Gasteiger partial charge in [0.1, 0.15) is 11.5 Å². The first kappa shape index (κ1) is 21.6. The number of rotatable bonds is 8. The Morgan fingerprint density at radius 2 is 1.97 bits per heavy atom. The smallest absolute Gasteiger partial charge is 0.292 e. The van der Waals surface area contributed by atoms with Crippen LogP contribution in [0.5, 0.6) is 0 Å². The first-order chi connectivity index (χ1) is 15.0. The number of pyridine rings is 1. The second kappa shape index (κ2) is 9.57. The summed E-state index contributed by atoms with van der Waals surface area (Å²) >= 11 is 0. The number of nitro benzene ring substituents is 1. The van der Waals surface area contributed by atoms with E-state index >= 15 is 0 Å². The molecule has 31 heavy (non-hydrogen) atoms. The summed E-state index contributed by atoms with van der Waals surface area (Å²) in [7, 11) is 1.68. The number of nitro groups is 1. The molecule has 0 aliphatic heterocycles. The molecule has 2 aromatic carbocycles. The maximum atomic E-state index is 14.6. The molecule has 8 nitrogen and oxygen atoms in total. The van der Waals surface area contributed by atoms with Crippen LogP contribution in [0.25, 0.3) is 5.70 Å². The standard InChI is InChI=1S/C22H21FN6O2/c1-14(28-24)21(25-2)16-8-9-20(29(30)31)19(12-16)27-22(15-6-4-3-5-7-15)17-10-11-26-13-18(17)23/h3-13,22,24-25,27H,1-2H3/b21-14-,28-24?. The van der Waals surface area contributed by atoms with Gasteiger partial charge in [-0.1, -0.05) is 30.3 Å². The van der Waals surface area contributed by atoms with Crippen LogP contribution < -0.4 is 10.6 Å². The number of nitrogens with one attached hydrogen (secondary N) is 3. The van der Waals surface area contributed by atoms with Crippen molar-refractivity contribution in [3.8, 4) is 0 Å². The second-order valence-electron chi connectivity index (χ2n) is 6.70. The van der Waals surface area contributed by atoms with Crippen LogP contribution in [0.1, 0.15) is 29.7 Å². The van der Waals surface area contributed by atoms with Crippen molar-refractivity contribution >= 4 is 17.1 Å². The number of allylic oxidation sites excluding steroid dienone is 1. The SMILES string of the molecule is CN/C(=C(/C)N=N)c1ccc([N+](=O)[O-])c(NC(c2ccccc2)c2ccncc2F)c1. The molecule has 0 aliphatic carbocycles. The van der Waals surface area contributed by atoms with Crippen LogP contribution in [0.2, 0.25) is 0 Å². The summed E-state index contributed by atoms with van der Waals surface area (Å²) in [6, 6.07) is 14.5. The lowest BCUT2D eigenvalue weighted by Gasteiger charge is -2.22. The molecule has 9 heteroatoms. The molecule has 1 aromatic heterocycles. The Kier molecular flexibility index (Phi) is 6.66. The van der Waals surface area contributed by atoms with Gasteiger partial charge in [-0.05, 0) is 30.7 Å². The first-order valence-corrected chi connectivity index (χ1v) is 9.42. The summed E-state index contributed by atoms with van der Waals surface area (Å²) in [4.78, 5) is 15.0. The van der Waals surface area contributed by atoms with Crippen LogP contribution in [-0.4, -0.2) is 17.0 Å². The Hall–Kier alpha value is -4.14. The molecule has 158 valence electrons.